The minimum absolute atomic E-state index is 0.00940. The number of nitrogen functional groups attached to an aromatic ring is 1. The molecular formula is C15H16N4O2. The largest absolute Gasteiger partial charge is 0.384 e. The molecule has 0 unspecified atom stereocenters. The van der Waals surface area contributed by atoms with Crippen LogP contribution in [0.25, 0.3) is 0 Å². The summed E-state index contributed by atoms with van der Waals surface area (Å²) in [6.45, 7) is 1.41. The second kappa shape index (κ2) is 5.40. The van der Waals surface area contributed by atoms with Gasteiger partial charge in [0.15, 0.2) is 0 Å². The van der Waals surface area contributed by atoms with Crippen molar-refractivity contribution in [2.75, 3.05) is 23.7 Å². The van der Waals surface area contributed by atoms with Crippen LogP contribution in [0.2, 0.25) is 0 Å². The summed E-state index contributed by atoms with van der Waals surface area (Å²) in [6, 6.07) is 11.2. The van der Waals surface area contributed by atoms with Crippen LogP contribution in [0.5, 0.6) is 0 Å². The van der Waals surface area contributed by atoms with Crippen LogP contribution in [-0.4, -0.2) is 23.0 Å². The highest BCUT2D eigenvalue weighted by Crippen LogP contribution is 2.28. The van der Waals surface area contributed by atoms with Crippen molar-refractivity contribution in [2.24, 2.45) is 0 Å². The molecule has 0 saturated carbocycles. The van der Waals surface area contributed by atoms with E-state index in [0.717, 1.165) is 12.8 Å². The van der Waals surface area contributed by atoms with E-state index in [-0.39, 0.29) is 5.69 Å². The van der Waals surface area contributed by atoms with Gasteiger partial charge in [0.05, 0.1) is 4.92 Å². The van der Waals surface area contributed by atoms with E-state index in [2.05, 4.69) is 17.1 Å². The SMILES string of the molecule is Nc1ccc([N+](=O)[O-])c(N2CCc3ccccc3CC2)n1. The summed E-state index contributed by atoms with van der Waals surface area (Å²) in [7, 11) is 0. The van der Waals surface area contributed by atoms with Gasteiger partial charge < -0.3 is 10.6 Å². The number of hydrogen-bond donors (Lipinski definition) is 1. The average molecular weight is 284 g/mol. The third kappa shape index (κ3) is 2.65. The van der Waals surface area contributed by atoms with E-state index in [1.165, 1.54) is 23.3 Å². The van der Waals surface area contributed by atoms with Gasteiger partial charge in [0, 0.05) is 19.2 Å². The molecule has 1 aromatic carbocycles. The summed E-state index contributed by atoms with van der Waals surface area (Å²) >= 11 is 0. The van der Waals surface area contributed by atoms with Gasteiger partial charge in [-0.2, -0.15) is 0 Å². The maximum atomic E-state index is 11.2. The van der Waals surface area contributed by atoms with Crippen molar-refractivity contribution >= 4 is 17.3 Å². The van der Waals surface area contributed by atoms with E-state index in [4.69, 9.17) is 5.73 Å². The lowest BCUT2D eigenvalue weighted by Gasteiger charge is -2.21. The lowest BCUT2D eigenvalue weighted by molar-refractivity contribution is -0.384. The average Bonchev–Trinajstić information content (AvgIpc) is 2.69. The number of nitro groups is 1. The smallest absolute Gasteiger partial charge is 0.311 e. The van der Waals surface area contributed by atoms with Gasteiger partial charge >= 0.3 is 5.69 Å². The monoisotopic (exact) mass is 284 g/mol. The molecule has 1 aromatic heterocycles. The molecule has 0 atom stereocenters. The van der Waals surface area contributed by atoms with Crippen LogP contribution < -0.4 is 10.6 Å². The molecule has 0 amide bonds. The molecule has 1 aliphatic heterocycles. The minimum atomic E-state index is -0.403. The number of rotatable bonds is 2. The third-order valence-corrected chi connectivity index (χ3v) is 3.79. The number of fused-ring (bicyclic) bond motifs is 1. The maximum Gasteiger partial charge on any atom is 0.311 e. The van der Waals surface area contributed by atoms with Crippen molar-refractivity contribution in [1.29, 1.82) is 0 Å². The van der Waals surface area contributed by atoms with E-state index in [1.54, 1.807) is 0 Å². The number of pyridine rings is 1. The Morgan fingerprint density at radius 2 is 1.71 bits per heavy atom. The molecule has 0 saturated heterocycles. The van der Waals surface area contributed by atoms with Crippen LogP contribution in [0.1, 0.15) is 11.1 Å². The zero-order valence-corrected chi connectivity index (χ0v) is 11.5. The summed E-state index contributed by atoms with van der Waals surface area (Å²) < 4.78 is 0. The Hall–Kier alpha value is -2.63. The van der Waals surface area contributed by atoms with Crippen molar-refractivity contribution in [3.8, 4) is 0 Å². The van der Waals surface area contributed by atoms with Gasteiger partial charge in [-0.1, -0.05) is 24.3 Å². The van der Waals surface area contributed by atoms with Gasteiger partial charge in [0.2, 0.25) is 5.82 Å². The number of nitrogens with zero attached hydrogens (tertiary/aromatic N) is 3. The molecule has 2 heterocycles. The highest BCUT2D eigenvalue weighted by atomic mass is 16.6. The maximum absolute atomic E-state index is 11.2. The first kappa shape index (κ1) is 13.4. The van der Waals surface area contributed by atoms with Gasteiger partial charge in [-0.25, -0.2) is 4.98 Å². The summed E-state index contributed by atoms with van der Waals surface area (Å²) in [5.41, 5.74) is 8.30. The molecule has 2 aromatic rings. The van der Waals surface area contributed by atoms with E-state index < -0.39 is 4.92 Å². The Balaban J connectivity index is 1.93. The quantitative estimate of drug-likeness (QED) is 0.674. The Morgan fingerprint density at radius 1 is 1.10 bits per heavy atom. The van der Waals surface area contributed by atoms with Crippen molar-refractivity contribution in [3.63, 3.8) is 0 Å². The fourth-order valence-corrected chi connectivity index (χ4v) is 2.71. The van der Waals surface area contributed by atoms with E-state index >= 15 is 0 Å². The number of hydrogen-bond acceptors (Lipinski definition) is 5. The standard InChI is InChI=1S/C15H16N4O2/c16-14-6-5-13(19(20)21)15(17-14)18-9-7-11-3-1-2-4-12(11)8-10-18/h1-6H,7-10H2,(H2,16,17). The minimum Gasteiger partial charge on any atom is -0.384 e. The van der Waals surface area contributed by atoms with E-state index in [1.807, 2.05) is 17.0 Å². The normalized spacial score (nSPS) is 14.4. The molecular weight excluding hydrogens is 268 g/mol. The molecule has 1 aliphatic rings. The highest BCUT2D eigenvalue weighted by molar-refractivity contribution is 5.61. The predicted octanol–water partition coefficient (Wildman–Crippen LogP) is 2.18. The first-order valence-electron chi connectivity index (χ1n) is 6.88. The number of nitrogens with two attached hydrogens (primary N) is 1. The molecule has 6 nitrogen and oxygen atoms in total. The molecule has 0 fully saturated rings. The van der Waals surface area contributed by atoms with Crippen LogP contribution in [0, 0.1) is 10.1 Å². The summed E-state index contributed by atoms with van der Waals surface area (Å²) in [4.78, 5) is 16.9. The first-order chi connectivity index (χ1) is 10.1. The van der Waals surface area contributed by atoms with Crippen LogP contribution >= 0.6 is 0 Å². The molecule has 108 valence electrons. The second-order valence-electron chi connectivity index (χ2n) is 5.09. The van der Waals surface area contributed by atoms with Crippen molar-refractivity contribution in [1.82, 2.24) is 4.98 Å². The molecule has 0 aliphatic carbocycles. The lowest BCUT2D eigenvalue weighted by atomic mass is 10.0. The van der Waals surface area contributed by atoms with Crippen molar-refractivity contribution in [2.45, 2.75) is 12.8 Å². The summed E-state index contributed by atoms with van der Waals surface area (Å²) in [5.74, 6) is 0.671. The first-order valence-corrected chi connectivity index (χ1v) is 6.88. The van der Waals surface area contributed by atoms with Crippen LogP contribution in [0.4, 0.5) is 17.3 Å². The summed E-state index contributed by atoms with van der Waals surface area (Å²) in [6.07, 6.45) is 1.70. The predicted molar refractivity (Wildman–Crippen MR) is 81.4 cm³/mol. The number of aromatic nitrogens is 1. The van der Waals surface area contributed by atoms with Gasteiger partial charge in [-0.15, -0.1) is 0 Å². The molecule has 21 heavy (non-hydrogen) atoms. The summed E-state index contributed by atoms with van der Waals surface area (Å²) in [5, 5.41) is 11.2. The zero-order valence-electron chi connectivity index (χ0n) is 11.5. The topological polar surface area (TPSA) is 85.3 Å². The molecule has 2 N–H and O–H groups in total. The van der Waals surface area contributed by atoms with Gasteiger partial charge in [-0.05, 0) is 30.0 Å². The number of anilines is 2. The number of benzene rings is 1. The van der Waals surface area contributed by atoms with Crippen LogP contribution in [-0.2, 0) is 12.8 Å². The fourth-order valence-electron chi connectivity index (χ4n) is 2.71. The molecule has 6 heteroatoms. The lowest BCUT2D eigenvalue weighted by Crippen LogP contribution is -2.28. The van der Waals surface area contributed by atoms with Crippen molar-refractivity contribution in [3.05, 3.63) is 57.6 Å². The van der Waals surface area contributed by atoms with Crippen LogP contribution in [0.3, 0.4) is 0 Å². The highest BCUT2D eigenvalue weighted by Gasteiger charge is 2.23. The van der Waals surface area contributed by atoms with E-state index in [0.29, 0.717) is 24.7 Å². The molecule has 0 spiro atoms. The Morgan fingerprint density at radius 3 is 2.29 bits per heavy atom. The van der Waals surface area contributed by atoms with Gasteiger partial charge in [-0.3, -0.25) is 10.1 Å². The molecule has 3 rings (SSSR count). The fraction of sp³-hybridized carbons (Fsp3) is 0.267. The van der Waals surface area contributed by atoms with E-state index in [9.17, 15) is 10.1 Å². The van der Waals surface area contributed by atoms with Crippen molar-refractivity contribution < 1.29 is 4.92 Å². The van der Waals surface area contributed by atoms with Gasteiger partial charge in [0.25, 0.3) is 0 Å². The Kier molecular flexibility index (Phi) is 3.43. The van der Waals surface area contributed by atoms with Gasteiger partial charge in [0.1, 0.15) is 5.82 Å². The molecule has 0 radical (unpaired) electrons. The third-order valence-electron chi connectivity index (χ3n) is 3.79. The molecule has 0 bridgehead atoms. The second-order valence-corrected chi connectivity index (χ2v) is 5.09. The Labute approximate surface area is 122 Å². The Bertz CT molecular complexity index is 660. The zero-order chi connectivity index (χ0) is 14.8. The van der Waals surface area contributed by atoms with Crippen LogP contribution in [0.15, 0.2) is 36.4 Å².